The highest BCUT2D eigenvalue weighted by Crippen LogP contribution is 2.48. The van der Waals surface area contributed by atoms with Crippen LogP contribution < -0.4 is 4.90 Å². The normalized spacial score (nSPS) is 18.2. The lowest BCUT2D eigenvalue weighted by molar-refractivity contribution is -0.438. The number of unbranched alkanes of at least 4 members (excludes halogenated alkanes) is 6. The van der Waals surface area contributed by atoms with Crippen LogP contribution in [0.2, 0.25) is 0 Å². The first-order chi connectivity index (χ1) is 29.4. The largest absolute Gasteiger partial charge is 0.434 e. The zero-order valence-corrected chi connectivity index (χ0v) is 36.6. The summed E-state index contributed by atoms with van der Waals surface area (Å²) in [7, 11) is 0. The first-order valence-corrected chi connectivity index (χ1v) is 22.1. The molecular weight excluding hydrogens is 765 g/mol. The molecule has 0 fully saturated rings. The molecule has 0 bridgehead atoms. The van der Waals surface area contributed by atoms with E-state index < -0.39 is 9.85 Å². The van der Waals surface area contributed by atoms with E-state index in [1.807, 2.05) is 0 Å². The number of rotatable bonds is 19. The van der Waals surface area contributed by atoms with E-state index in [9.17, 15) is 20.2 Å². The number of nitrogens with zero attached hydrogens (tertiary/aromatic N) is 8. The number of fused-ring (bicyclic) bond motifs is 2. The minimum absolute atomic E-state index is 0.0863. The summed E-state index contributed by atoms with van der Waals surface area (Å²) in [4.78, 5) is 32.0. The van der Waals surface area contributed by atoms with Gasteiger partial charge in [0.2, 0.25) is 5.69 Å². The van der Waals surface area contributed by atoms with Gasteiger partial charge in [0.25, 0.3) is 0 Å². The summed E-state index contributed by atoms with van der Waals surface area (Å²) in [5, 5.41) is 22.5. The monoisotopic (exact) mass is 825 g/mol. The van der Waals surface area contributed by atoms with Crippen LogP contribution >= 0.6 is 0 Å². The molecule has 0 spiro atoms. The van der Waals surface area contributed by atoms with Gasteiger partial charge in [0.1, 0.15) is 31.3 Å². The Morgan fingerprint density at radius 2 is 1.30 bits per heavy atom. The second kappa shape index (κ2) is 18.8. The molecule has 320 valence electrons. The Labute approximate surface area is 360 Å². The Morgan fingerprint density at radius 1 is 0.705 bits per heavy atom. The molecule has 4 aromatic rings. The molecule has 0 amide bonds. The summed E-state index contributed by atoms with van der Waals surface area (Å²) in [5.41, 5.74) is 11.8. The first kappa shape index (κ1) is 43.2. The second-order valence-corrected chi connectivity index (χ2v) is 17.7. The van der Waals surface area contributed by atoms with Crippen LogP contribution in [0.1, 0.15) is 116 Å². The van der Waals surface area contributed by atoms with Gasteiger partial charge < -0.3 is 25.1 Å². The lowest BCUT2D eigenvalue weighted by Crippen LogP contribution is -2.28. The number of aryl methyl sites for hydroxylation is 2. The van der Waals surface area contributed by atoms with Crippen LogP contribution in [-0.4, -0.2) is 52.3 Å². The average Bonchev–Trinajstić information content (AvgIpc) is 4.01. The molecule has 7 rings (SSSR count). The van der Waals surface area contributed by atoms with E-state index in [0.717, 1.165) is 83.7 Å². The summed E-state index contributed by atoms with van der Waals surface area (Å²) in [5.74, 6) is -0.173. The van der Waals surface area contributed by atoms with Crippen molar-refractivity contribution in [3.05, 3.63) is 151 Å². The molecule has 12 heteroatoms. The SMILES string of the molecule is CC1=C(C=CC2=[N+](CCCCCCn3ccnc3[N+](=O)[O-])c3ccccc3C2(C)C)CCCC1=CC=C1N(CCCCCCn2ccnc2[N+](=O)[O-])c2ccccc2C1(C)C. The van der Waals surface area contributed by atoms with Crippen molar-refractivity contribution in [1.29, 1.82) is 0 Å². The Balaban J connectivity index is 1.04. The van der Waals surface area contributed by atoms with E-state index in [4.69, 9.17) is 0 Å². The zero-order chi connectivity index (χ0) is 43.1. The summed E-state index contributed by atoms with van der Waals surface area (Å²) in [6.07, 6.45) is 27.1. The van der Waals surface area contributed by atoms with Crippen LogP contribution in [0.5, 0.6) is 0 Å². The topological polar surface area (TPSA) is 128 Å². The van der Waals surface area contributed by atoms with E-state index >= 15 is 0 Å². The van der Waals surface area contributed by atoms with Gasteiger partial charge in [-0.25, -0.2) is 9.13 Å². The van der Waals surface area contributed by atoms with Crippen molar-refractivity contribution in [2.45, 2.75) is 129 Å². The number of allylic oxidation sites excluding steroid dienone is 8. The van der Waals surface area contributed by atoms with Gasteiger partial charge >= 0.3 is 11.9 Å². The molecule has 2 aromatic carbocycles. The van der Waals surface area contributed by atoms with Gasteiger partial charge in [-0.1, -0.05) is 91.6 Å². The van der Waals surface area contributed by atoms with Gasteiger partial charge in [0.05, 0.1) is 18.5 Å². The quantitative estimate of drug-likeness (QED) is 0.0398. The van der Waals surface area contributed by atoms with Crippen molar-refractivity contribution in [2.24, 2.45) is 0 Å². The third-order valence-corrected chi connectivity index (χ3v) is 13.1. The van der Waals surface area contributed by atoms with E-state index in [2.05, 4.69) is 127 Å². The van der Waals surface area contributed by atoms with Crippen LogP contribution in [-0.2, 0) is 23.9 Å². The van der Waals surface area contributed by atoms with Crippen LogP contribution in [0, 0.1) is 20.2 Å². The molecule has 1 aliphatic carbocycles. The number of para-hydroxylation sites is 2. The Kier molecular flexibility index (Phi) is 13.3. The van der Waals surface area contributed by atoms with Crippen molar-refractivity contribution in [2.75, 3.05) is 18.0 Å². The number of imidazole rings is 2. The van der Waals surface area contributed by atoms with E-state index in [-0.39, 0.29) is 22.7 Å². The Hall–Kier alpha value is -5.91. The summed E-state index contributed by atoms with van der Waals surface area (Å²) < 4.78 is 5.79. The molecule has 0 saturated heterocycles. The molecule has 0 unspecified atom stereocenters. The zero-order valence-electron chi connectivity index (χ0n) is 36.6. The summed E-state index contributed by atoms with van der Waals surface area (Å²) in [6.45, 7) is 14.7. The number of nitro groups is 2. The predicted molar refractivity (Wildman–Crippen MR) is 243 cm³/mol. The van der Waals surface area contributed by atoms with Crippen LogP contribution in [0.15, 0.2) is 120 Å². The van der Waals surface area contributed by atoms with Crippen molar-refractivity contribution in [1.82, 2.24) is 19.1 Å². The van der Waals surface area contributed by atoms with Crippen molar-refractivity contribution in [3.63, 3.8) is 0 Å². The summed E-state index contributed by atoms with van der Waals surface area (Å²) >= 11 is 0. The lowest BCUT2D eigenvalue weighted by atomic mass is 9.80. The molecule has 0 radical (unpaired) electrons. The number of hydrogen-bond donors (Lipinski definition) is 0. The summed E-state index contributed by atoms with van der Waals surface area (Å²) in [6, 6.07) is 17.6. The fourth-order valence-corrected chi connectivity index (χ4v) is 9.70. The minimum atomic E-state index is -0.417. The average molecular weight is 826 g/mol. The first-order valence-electron chi connectivity index (χ1n) is 22.1. The third-order valence-electron chi connectivity index (χ3n) is 13.1. The molecule has 2 aliphatic heterocycles. The highest BCUT2D eigenvalue weighted by molar-refractivity contribution is 6.03. The second-order valence-electron chi connectivity index (χ2n) is 17.7. The Morgan fingerprint density at radius 3 is 1.95 bits per heavy atom. The molecule has 4 heterocycles. The van der Waals surface area contributed by atoms with Gasteiger partial charge in [-0.05, 0) is 110 Å². The fourth-order valence-electron chi connectivity index (χ4n) is 9.70. The van der Waals surface area contributed by atoms with Crippen LogP contribution in [0.25, 0.3) is 0 Å². The molecule has 3 aliphatic rings. The maximum absolute atomic E-state index is 11.3. The standard InChI is InChI=1S/C49H61N8O4/c1-37-38(25-27-44-48(2,3)40-21-10-12-23-42(40)54(44)33-16-8-6-14-31-52-35-29-50-46(52)56(58)59)19-18-20-39(37)26-28-45-49(4,5)41-22-11-13-24-43(41)55(45)34-17-9-7-15-32-53-36-30-51-47(53)57(60)61/h10-13,21-30,35-36H,6-9,14-20,31-34H2,1-5H3/q+1. The van der Waals surface area contributed by atoms with Crippen molar-refractivity contribution < 1.29 is 14.4 Å². The van der Waals surface area contributed by atoms with Gasteiger partial charge in [0, 0.05) is 47.5 Å². The van der Waals surface area contributed by atoms with Crippen LogP contribution in [0.3, 0.4) is 0 Å². The van der Waals surface area contributed by atoms with Crippen molar-refractivity contribution in [3.8, 4) is 0 Å². The number of hydrogen-bond acceptors (Lipinski definition) is 7. The van der Waals surface area contributed by atoms with E-state index in [0.29, 0.717) is 13.1 Å². The number of benzene rings is 2. The fraction of sp³-hybridized carbons (Fsp3) is 0.449. The molecule has 0 atom stereocenters. The molecule has 0 N–H and O–H groups in total. The highest BCUT2D eigenvalue weighted by atomic mass is 16.6. The molecule has 2 aromatic heterocycles. The van der Waals surface area contributed by atoms with E-state index in [1.54, 1.807) is 21.5 Å². The number of anilines is 1. The van der Waals surface area contributed by atoms with Gasteiger partial charge in [-0.15, -0.1) is 0 Å². The lowest BCUT2D eigenvalue weighted by Gasteiger charge is -2.27. The number of aromatic nitrogens is 4. The van der Waals surface area contributed by atoms with Gasteiger partial charge in [-0.3, -0.25) is 0 Å². The van der Waals surface area contributed by atoms with E-state index in [1.165, 1.54) is 63.0 Å². The Bertz CT molecular complexity index is 2410. The van der Waals surface area contributed by atoms with Crippen LogP contribution in [0.4, 0.5) is 23.3 Å². The van der Waals surface area contributed by atoms with Gasteiger partial charge in [-0.2, -0.15) is 4.58 Å². The molecular formula is C49H61N8O4+. The molecule has 61 heavy (non-hydrogen) atoms. The molecule has 0 saturated carbocycles. The maximum atomic E-state index is 11.3. The minimum Gasteiger partial charge on any atom is -0.390 e. The third kappa shape index (κ3) is 9.23. The van der Waals surface area contributed by atoms with Gasteiger partial charge in [0.15, 0.2) is 5.71 Å². The van der Waals surface area contributed by atoms with Crippen molar-refractivity contribution >= 4 is 29.0 Å². The smallest absolute Gasteiger partial charge is 0.390 e. The maximum Gasteiger partial charge on any atom is 0.434 e. The predicted octanol–water partition coefficient (Wildman–Crippen LogP) is 11.5. The molecule has 12 nitrogen and oxygen atoms in total. The highest BCUT2D eigenvalue weighted by Gasteiger charge is 2.44.